The summed E-state index contributed by atoms with van der Waals surface area (Å²) >= 11 is 0. The maximum atomic E-state index is 12.5. The van der Waals surface area contributed by atoms with Crippen LogP contribution in [-0.4, -0.2) is 11.0 Å². The van der Waals surface area contributed by atoms with Crippen LogP contribution in [0.1, 0.15) is 19.0 Å². The van der Waals surface area contributed by atoms with Crippen LogP contribution < -0.4 is 5.73 Å². The number of hydrogen-bond acceptors (Lipinski definition) is 2. The van der Waals surface area contributed by atoms with Crippen LogP contribution in [0.5, 0.6) is 0 Å². The van der Waals surface area contributed by atoms with Crippen LogP contribution in [0.3, 0.4) is 0 Å². The second-order valence-corrected chi connectivity index (χ2v) is 3.59. The Labute approximate surface area is 70.6 Å². The molecule has 1 fully saturated rings. The highest BCUT2D eigenvalue weighted by atomic mass is 19.1. The lowest BCUT2D eigenvalue weighted by atomic mass is 10.0. The second-order valence-electron chi connectivity index (χ2n) is 3.59. The summed E-state index contributed by atoms with van der Waals surface area (Å²) in [5.74, 6) is -0.295. The van der Waals surface area contributed by atoms with Crippen molar-refractivity contribution in [2.75, 3.05) is 0 Å². The van der Waals surface area contributed by atoms with E-state index < -0.39 is 0 Å². The molecule has 0 amide bonds. The third-order valence-electron chi connectivity index (χ3n) is 2.61. The monoisotopic (exact) mass is 166 g/mol. The van der Waals surface area contributed by atoms with E-state index in [1.165, 1.54) is 12.3 Å². The summed E-state index contributed by atoms with van der Waals surface area (Å²) in [6.45, 7) is 2.05. The summed E-state index contributed by atoms with van der Waals surface area (Å²) in [4.78, 5) is 4.01. The zero-order valence-corrected chi connectivity index (χ0v) is 6.92. The molecule has 1 aliphatic rings. The Kier molecular flexibility index (Phi) is 1.45. The Bertz CT molecular complexity index is 296. The number of halogens is 1. The first-order valence-electron chi connectivity index (χ1n) is 4.00. The van der Waals surface area contributed by atoms with Crippen molar-refractivity contribution in [3.63, 3.8) is 0 Å². The largest absolute Gasteiger partial charge is 0.327 e. The number of aromatic nitrogens is 1. The maximum absolute atomic E-state index is 12.5. The molecule has 64 valence electrons. The molecule has 3 heteroatoms. The molecule has 2 nitrogen and oxygen atoms in total. The van der Waals surface area contributed by atoms with Gasteiger partial charge in [0.1, 0.15) is 5.82 Å². The van der Waals surface area contributed by atoms with E-state index in [2.05, 4.69) is 11.9 Å². The van der Waals surface area contributed by atoms with Gasteiger partial charge in [0.25, 0.3) is 0 Å². The van der Waals surface area contributed by atoms with Gasteiger partial charge in [-0.1, -0.05) is 6.92 Å². The van der Waals surface area contributed by atoms with Crippen molar-refractivity contribution in [1.82, 2.24) is 4.98 Å². The Morgan fingerprint density at radius 2 is 2.33 bits per heavy atom. The van der Waals surface area contributed by atoms with Gasteiger partial charge in [0.15, 0.2) is 0 Å². The molecular formula is C9H11FN2. The molecule has 1 aliphatic carbocycles. The standard InChI is InChI=1S/C9H11FN2/c1-9(4-7(9)11)8-3-2-6(10)5-12-8/h2-3,5,7H,4,11H2,1H3. The molecule has 0 aliphatic heterocycles. The molecule has 0 spiro atoms. The first kappa shape index (κ1) is 7.68. The Hall–Kier alpha value is -0.960. The molecule has 2 unspecified atom stereocenters. The average Bonchev–Trinajstić information content (AvgIpc) is 2.62. The van der Waals surface area contributed by atoms with Gasteiger partial charge >= 0.3 is 0 Å². The van der Waals surface area contributed by atoms with Crippen molar-refractivity contribution in [2.24, 2.45) is 5.73 Å². The molecule has 0 bridgehead atoms. The number of nitrogens with two attached hydrogens (primary N) is 1. The van der Waals surface area contributed by atoms with Crippen LogP contribution in [0.15, 0.2) is 18.3 Å². The second kappa shape index (κ2) is 2.26. The third kappa shape index (κ3) is 1.01. The highest BCUT2D eigenvalue weighted by Gasteiger charge is 2.49. The molecular weight excluding hydrogens is 155 g/mol. The van der Waals surface area contributed by atoms with Gasteiger partial charge in [-0.05, 0) is 18.6 Å². The van der Waals surface area contributed by atoms with Crippen molar-refractivity contribution in [2.45, 2.75) is 24.8 Å². The van der Waals surface area contributed by atoms with E-state index in [1.54, 1.807) is 6.07 Å². The summed E-state index contributed by atoms with van der Waals surface area (Å²) in [7, 11) is 0. The van der Waals surface area contributed by atoms with Crippen LogP contribution in [0, 0.1) is 5.82 Å². The first-order valence-corrected chi connectivity index (χ1v) is 4.00. The molecule has 2 rings (SSSR count). The molecule has 2 N–H and O–H groups in total. The van der Waals surface area contributed by atoms with Crippen molar-refractivity contribution in [1.29, 1.82) is 0 Å². The van der Waals surface area contributed by atoms with Crippen molar-refractivity contribution >= 4 is 0 Å². The predicted molar refractivity (Wildman–Crippen MR) is 44.1 cm³/mol. The summed E-state index contributed by atoms with van der Waals surface area (Å²) < 4.78 is 12.5. The number of hydrogen-bond donors (Lipinski definition) is 1. The summed E-state index contributed by atoms with van der Waals surface area (Å²) in [6, 6.07) is 3.33. The minimum absolute atomic E-state index is 0.00625. The van der Waals surface area contributed by atoms with E-state index in [1.807, 2.05) is 0 Å². The minimum atomic E-state index is -0.295. The van der Waals surface area contributed by atoms with Crippen LogP contribution in [0.4, 0.5) is 4.39 Å². The van der Waals surface area contributed by atoms with Crippen LogP contribution in [0.25, 0.3) is 0 Å². The minimum Gasteiger partial charge on any atom is -0.327 e. The predicted octanol–water partition coefficient (Wildman–Crippen LogP) is 1.21. The Balaban J connectivity index is 2.31. The van der Waals surface area contributed by atoms with E-state index in [-0.39, 0.29) is 17.3 Å². The van der Waals surface area contributed by atoms with Gasteiger partial charge in [-0.25, -0.2) is 4.39 Å². The number of nitrogens with zero attached hydrogens (tertiary/aromatic N) is 1. The maximum Gasteiger partial charge on any atom is 0.141 e. The molecule has 0 saturated heterocycles. The molecule has 0 radical (unpaired) electrons. The summed E-state index contributed by atoms with van der Waals surface area (Å²) in [6.07, 6.45) is 2.19. The topological polar surface area (TPSA) is 38.9 Å². The molecule has 0 aromatic carbocycles. The van der Waals surface area contributed by atoms with Gasteiger partial charge < -0.3 is 5.73 Å². The highest BCUT2D eigenvalue weighted by Crippen LogP contribution is 2.45. The molecule has 1 aromatic rings. The van der Waals surface area contributed by atoms with E-state index in [0.29, 0.717) is 0 Å². The van der Waals surface area contributed by atoms with Gasteiger partial charge in [0.2, 0.25) is 0 Å². The first-order chi connectivity index (χ1) is 5.63. The quantitative estimate of drug-likeness (QED) is 0.681. The lowest BCUT2D eigenvalue weighted by Gasteiger charge is -2.07. The Morgan fingerprint density at radius 3 is 2.75 bits per heavy atom. The van der Waals surface area contributed by atoms with Gasteiger partial charge in [-0.15, -0.1) is 0 Å². The summed E-state index contributed by atoms with van der Waals surface area (Å²) in [5.41, 5.74) is 6.63. The average molecular weight is 166 g/mol. The highest BCUT2D eigenvalue weighted by molar-refractivity contribution is 5.28. The van der Waals surface area contributed by atoms with Gasteiger partial charge in [0.05, 0.1) is 6.20 Å². The van der Waals surface area contributed by atoms with E-state index in [9.17, 15) is 4.39 Å². The molecule has 1 saturated carbocycles. The SMILES string of the molecule is CC1(c2ccc(F)cn2)CC1N. The molecule has 1 heterocycles. The lowest BCUT2D eigenvalue weighted by Crippen LogP contribution is -2.15. The normalized spacial score (nSPS) is 33.4. The van der Waals surface area contributed by atoms with Crippen LogP contribution in [-0.2, 0) is 5.41 Å². The van der Waals surface area contributed by atoms with E-state index in [0.717, 1.165) is 12.1 Å². The number of pyridine rings is 1. The molecule has 1 aromatic heterocycles. The zero-order valence-electron chi connectivity index (χ0n) is 6.92. The van der Waals surface area contributed by atoms with Crippen LogP contribution in [0.2, 0.25) is 0 Å². The van der Waals surface area contributed by atoms with Gasteiger partial charge in [-0.2, -0.15) is 0 Å². The third-order valence-corrected chi connectivity index (χ3v) is 2.61. The number of rotatable bonds is 1. The van der Waals surface area contributed by atoms with E-state index >= 15 is 0 Å². The Morgan fingerprint density at radius 1 is 1.67 bits per heavy atom. The summed E-state index contributed by atoms with van der Waals surface area (Å²) in [5, 5.41) is 0. The van der Waals surface area contributed by atoms with Crippen molar-refractivity contribution in [3.05, 3.63) is 29.8 Å². The van der Waals surface area contributed by atoms with Crippen molar-refractivity contribution in [3.8, 4) is 0 Å². The van der Waals surface area contributed by atoms with E-state index in [4.69, 9.17) is 5.73 Å². The molecule has 12 heavy (non-hydrogen) atoms. The molecule has 2 atom stereocenters. The van der Waals surface area contributed by atoms with Gasteiger partial charge in [0, 0.05) is 17.2 Å². The fourth-order valence-corrected chi connectivity index (χ4v) is 1.41. The fourth-order valence-electron chi connectivity index (χ4n) is 1.41. The zero-order chi connectivity index (χ0) is 8.77. The smallest absolute Gasteiger partial charge is 0.141 e. The lowest BCUT2D eigenvalue weighted by molar-refractivity contribution is 0.612. The van der Waals surface area contributed by atoms with Crippen molar-refractivity contribution < 1.29 is 4.39 Å². The fraction of sp³-hybridized carbons (Fsp3) is 0.444. The van der Waals surface area contributed by atoms with Crippen LogP contribution >= 0.6 is 0 Å². The van der Waals surface area contributed by atoms with Gasteiger partial charge in [-0.3, -0.25) is 4.98 Å².